The molecule has 0 bridgehead atoms. The topological polar surface area (TPSA) is 43.4 Å². The van der Waals surface area contributed by atoms with Gasteiger partial charge >= 0.3 is 5.97 Å². The van der Waals surface area contributed by atoms with E-state index in [0.717, 1.165) is 6.42 Å². The van der Waals surface area contributed by atoms with Crippen molar-refractivity contribution in [2.75, 3.05) is 7.11 Å². The van der Waals surface area contributed by atoms with Crippen LogP contribution in [0.1, 0.15) is 26.7 Å². The first kappa shape index (κ1) is 9.96. The average molecular weight is 182 g/mol. The predicted octanol–water partition coefficient (Wildman–Crippen LogP) is 1.47. The van der Waals surface area contributed by atoms with Crippen molar-refractivity contribution < 1.29 is 14.3 Å². The second-order valence-corrected chi connectivity index (χ2v) is 3.58. The van der Waals surface area contributed by atoms with Crippen LogP contribution >= 0.6 is 0 Å². The van der Waals surface area contributed by atoms with E-state index in [0.29, 0.717) is 12.0 Å². The largest absolute Gasteiger partial charge is 0.468 e. The monoisotopic (exact) mass is 182 g/mol. The highest BCUT2D eigenvalue weighted by molar-refractivity contribution is 6.12. The van der Waals surface area contributed by atoms with E-state index >= 15 is 0 Å². The number of Topliss-reactive ketones (excluding diaryl/α,β-unsaturated/α-hetero) is 1. The second kappa shape index (κ2) is 3.32. The van der Waals surface area contributed by atoms with E-state index in [1.807, 2.05) is 6.08 Å². The number of ether oxygens (including phenoxy) is 1. The van der Waals surface area contributed by atoms with Crippen molar-refractivity contribution in [1.82, 2.24) is 0 Å². The Morgan fingerprint density at radius 1 is 1.62 bits per heavy atom. The smallest absolute Gasteiger partial charge is 0.319 e. The molecule has 3 heteroatoms. The SMILES string of the molecule is COC(=O)[C@]1(C)CCC=C(C)C1=O. The van der Waals surface area contributed by atoms with Gasteiger partial charge in [-0.1, -0.05) is 6.08 Å². The lowest BCUT2D eigenvalue weighted by Crippen LogP contribution is -2.39. The molecule has 3 nitrogen and oxygen atoms in total. The van der Waals surface area contributed by atoms with E-state index < -0.39 is 11.4 Å². The Bertz CT molecular complexity index is 278. The number of ketones is 1. The van der Waals surface area contributed by atoms with Gasteiger partial charge in [-0.05, 0) is 32.3 Å². The summed E-state index contributed by atoms with van der Waals surface area (Å²) in [4.78, 5) is 23.1. The molecule has 0 spiro atoms. The van der Waals surface area contributed by atoms with Crippen LogP contribution < -0.4 is 0 Å². The highest BCUT2D eigenvalue weighted by Crippen LogP contribution is 2.33. The summed E-state index contributed by atoms with van der Waals surface area (Å²) >= 11 is 0. The molecule has 72 valence electrons. The van der Waals surface area contributed by atoms with Crippen molar-refractivity contribution in [1.29, 1.82) is 0 Å². The Morgan fingerprint density at radius 3 is 2.77 bits per heavy atom. The number of rotatable bonds is 1. The van der Waals surface area contributed by atoms with Crippen molar-refractivity contribution in [2.45, 2.75) is 26.7 Å². The molecule has 0 unspecified atom stereocenters. The molecule has 0 fully saturated rings. The maximum Gasteiger partial charge on any atom is 0.319 e. The summed E-state index contributed by atoms with van der Waals surface area (Å²) in [6.45, 7) is 3.39. The molecule has 0 aromatic heterocycles. The molecule has 1 atom stereocenters. The van der Waals surface area contributed by atoms with E-state index in [1.165, 1.54) is 7.11 Å². The van der Waals surface area contributed by atoms with Gasteiger partial charge in [0.25, 0.3) is 0 Å². The molecule has 0 heterocycles. The van der Waals surface area contributed by atoms with Gasteiger partial charge in [0.05, 0.1) is 7.11 Å². The quantitative estimate of drug-likeness (QED) is 0.455. The number of carbonyl (C=O) groups is 2. The molecule has 0 N–H and O–H groups in total. The predicted molar refractivity (Wildman–Crippen MR) is 48.1 cm³/mol. The molecule has 13 heavy (non-hydrogen) atoms. The van der Waals surface area contributed by atoms with Crippen molar-refractivity contribution in [3.8, 4) is 0 Å². The number of hydrogen-bond acceptors (Lipinski definition) is 3. The Hall–Kier alpha value is -1.12. The molecule has 0 saturated carbocycles. The van der Waals surface area contributed by atoms with E-state index in [-0.39, 0.29) is 5.78 Å². The van der Waals surface area contributed by atoms with Gasteiger partial charge in [0.15, 0.2) is 5.78 Å². The Morgan fingerprint density at radius 2 is 2.23 bits per heavy atom. The summed E-state index contributed by atoms with van der Waals surface area (Å²) in [6.07, 6.45) is 3.19. The van der Waals surface area contributed by atoms with Gasteiger partial charge in [0.1, 0.15) is 5.41 Å². The highest BCUT2D eigenvalue weighted by Gasteiger charge is 2.43. The number of allylic oxidation sites excluding steroid dienone is 2. The number of methoxy groups -OCH3 is 1. The lowest BCUT2D eigenvalue weighted by Gasteiger charge is -2.28. The zero-order valence-corrected chi connectivity index (χ0v) is 8.22. The second-order valence-electron chi connectivity index (χ2n) is 3.58. The van der Waals surface area contributed by atoms with Crippen LogP contribution in [0.15, 0.2) is 11.6 Å². The van der Waals surface area contributed by atoms with Crippen LogP contribution in [0.5, 0.6) is 0 Å². The lowest BCUT2D eigenvalue weighted by molar-refractivity contribution is -0.156. The zero-order valence-electron chi connectivity index (χ0n) is 8.22. The van der Waals surface area contributed by atoms with Crippen LogP contribution in [-0.4, -0.2) is 18.9 Å². The van der Waals surface area contributed by atoms with Crippen LogP contribution in [0.2, 0.25) is 0 Å². The van der Waals surface area contributed by atoms with Crippen molar-refractivity contribution >= 4 is 11.8 Å². The third kappa shape index (κ3) is 1.50. The third-order valence-corrected chi connectivity index (χ3v) is 2.59. The van der Waals surface area contributed by atoms with Gasteiger partial charge < -0.3 is 4.74 Å². The Labute approximate surface area is 77.8 Å². The van der Waals surface area contributed by atoms with Crippen LogP contribution in [0.4, 0.5) is 0 Å². The molecule has 1 aliphatic carbocycles. The van der Waals surface area contributed by atoms with E-state index in [4.69, 9.17) is 0 Å². The first-order valence-electron chi connectivity index (χ1n) is 4.32. The summed E-state index contributed by atoms with van der Waals surface area (Å²) in [5.41, 5.74) is -0.285. The molecule has 0 aromatic carbocycles. The highest BCUT2D eigenvalue weighted by atomic mass is 16.5. The summed E-state index contributed by atoms with van der Waals surface area (Å²) in [7, 11) is 1.31. The maximum absolute atomic E-state index is 11.7. The average Bonchev–Trinajstić information content (AvgIpc) is 2.13. The normalized spacial score (nSPS) is 28.2. The van der Waals surface area contributed by atoms with E-state index in [9.17, 15) is 9.59 Å². The minimum atomic E-state index is -0.951. The molecular weight excluding hydrogens is 168 g/mol. The molecule has 0 saturated heterocycles. The molecule has 0 radical (unpaired) electrons. The van der Waals surface area contributed by atoms with Gasteiger partial charge in [-0.3, -0.25) is 9.59 Å². The van der Waals surface area contributed by atoms with Crippen molar-refractivity contribution in [2.24, 2.45) is 5.41 Å². The molecule has 1 aliphatic rings. The fourth-order valence-electron chi connectivity index (χ4n) is 1.64. The number of hydrogen-bond donors (Lipinski definition) is 0. The maximum atomic E-state index is 11.7. The minimum absolute atomic E-state index is 0.106. The molecule has 0 aromatic rings. The summed E-state index contributed by atoms with van der Waals surface area (Å²) in [5, 5.41) is 0. The van der Waals surface area contributed by atoms with Gasteiger partial charge in [-0.25, -0.2) is 0 Å². The standard InChI is InChI=1S/C10H14O3/c1-7-5-4-6-10(2,8(7)11)9(12)13-3/h5H,4,6H2,1-3H3/t10-/m1/s1. The summed E-state index contributed by atoms with van der Waals surface area (Å²) < 4.78 is 4.62. The Kier molecular flexibility index (Phi) is 2.55. The van der Waals surface area contributed by atoms with E-state index in [1.54, 1.807) is 13.8 Å². The molecule has 0 aliphatic heterocycles. The number of carbonyl (C=O) groups excluding carboxylic acids is 2. The molecule has 1 rings (SSSR count). The Balaban J connectivity index is 2.99. The fourth-order valence-corrected chi connectivity index (χ4v) is 1.64. The number of esters is 1. The van der Waals surface area contributed by atoms with Gasteiger partial charge in [0, 0.05) is 0 Å². The van der Waals surface area contributed by atoms with Crippen LogP contribution in [0, 0.1) is 5.41 Å². The molecular formula is C10H14O3. The van der Waals surface area contributed by atoms with Gasteiger partial charge in [-0.15, -0.1) is 0 Å². The third-order valence-electron chi connectivity index (χ3n) is 2.59. The van der Waals surface area contributed by atoms with Crippen molar-refractivity contribution in [3.05, 3.63) is 11.6 Å². The fraction of sp³-hybridized carbons (Fsp3) is 0.600. The van der Waals surface area contributed by atoms with Crippen LogP contribution in [0.25, 0.3) is 0 Å². The van der Waals surface area contributed by atoms with Crippen LogP contribution in [0.3, 0.4) is 0 Å². The van der Waals surface area contributed by atoms with Crippen LogP contribution in [-0.2, 0) is 14.3 Å². The first-order chi connectivity index (χ1) is 6.02. The summed E-state index contributed by atoms with van der Waals surface area (Å²) in [6, 6.07) is 0. The lowest BCUT2D eigenvalue weighted by atomic mass is 9.75. The zero-order chi connectivity index (χ0) is 10.1. The van der Waals surface area contributed by atoms with Gasteiger partial charge in [0.2, 0.25) is 0 Å². The van der Waals surface area contributed by atoms with E-state index in [2.05, 4.69) is 4.74 Å². The first-order valence-corrected chi connectivity index (χ1v) is 4.32. The molecule has 0 amide bonds. The van der Waals surface area contributed by atoms with Crippen molar-refractivity contribution in [3.63, 3.8) is 0 Å². The minimum Gasteiger partial charge on any atom is -0.468 e. The summed E-state index contributed by atoms with van der Waals surface area (Å²) in [5.74, 6) is -0.532. The van der Waals surface area contributed by atoms with Gasteiger partial charge in [-0.2, -0.15) is 0 Å².